The molecular formula is C7H13NS. The van der Waals surface area contributed by atoms with Crippen LogP contribution in [0.5, 0.6) is 0 Å². The molecule has 0 aromatic heterocycles. The molecule has 2 heteroatoms. The van der Waals surface area contributed by atoms with E-state index >= 15 is 0 Å². The van der Waals surface area contributed by atoms with Gasteiger partial charge in [-0.25, -0.2) is 0 Å². The number of nitrogens with zero attached hydrogens (tertiary/aromatic N) is 1. The maximum absolute atomic E-state index is 8.25. The van der Waals surface area contributed by atoms with Crippen molar-refractivity contribution in [2.45, 2.75) is 26.7 Å². The zero-order valence-electron chi connectivity index (χ0n) is 6.02. The number of hydrogen-bond donors (Lipinski definition) is 1. The van der Waals surface area contributed by atoms with Crippen molar-refractivity contribution in [1.29, 1.82) is 5.26 Å². The van der Waals surface area contributed by atoms with Gasteiger partial charge in [-0.2, -0.15) is 17.9 Å². The third kappa shape index (κ3) is 4.35. The maximum atomic E-state index is 8.25. The summed E-state index contributed by atoms with van der Waals surface area (Å²) in [6.45, 7) is 4.24. The van der Waals surface area contributed by atoms with Crippen LogP contribution in [-0.2, 0) is 0 Å². The Morgan fingerprint density at radius 3 is 2.44 bits per heavy atom. The van der Waals surface area contributed by atoms with Crippen LogP contribution in [0.25, 0.3) is 0 Å². The Labute approximate surface area is 62.5 Å². The van der Waals surface area contributed by atoms with Gasteiger partial charge in [-0.3, -0.25) is 0 Å². The summed E-state index contributed by atoms with van der Waals surface area (Å²) in [5.41, 5.74) is 0.235. The minimum absolute atomic E-state index is 0.235. The zero-order chi connectivity index (χ0) is 7.33. The summed E-state index contributed by atoms with van der Waals surface area (Å²) in [6.07, 6.45) is 1.60. The summed E-state index contributed by atoms with van der Waals surface area (Å²) >= 11 is 4.16. The van der Waals surface area contributed by atoms with Gasteiger partial charge in [0.2, 0.25) is 0 Å². The highest BCUT2D eigenvalue weighted by atomic mass is 32.1. The standard InChI is InChI=1S/C7H13NS/c1-7(2,6-9)4-3-5-8/h9H,3-4,6H2,1-2H3. The predicted molar refractivity (Wildman–Crippen MR) is 42.5 cm³/mol. The largest absolute Gasteiger partial charge is 0.198 e. The summed E-state index contributed by atoms with van der Waals surface area (Å²) < 4.78 is 0. The first kappa shape index (κ1) is 8.84. The van der Waals surface area contributed by atoms with Crippen molar-refractivity contribution in [3.8, 4) is 6.07 Å². The Morgan fingerprint density at radius 2 is 2.11 bits per heavy atom. The van der Waals surface area contributed by atoms with Crippen LogP contribution in [0.2, 0.25) is 0 Å². The van der Waals surface area contributed by atoms with Gasteiger partial charge in [0.05, 0.1) is 6.07 Å². The van der Waals surface area contributed by atoms with Crippen LogP contribution >= 0.6 is 12.6 Å². The van der Waals surface area contributed by atoms with E-state index in [1.165, 1.54) is 0 Å². The molecule has 0 aromatic carbocycles. The molecule has 1 nitrogen and oxygen atoms in total. The average molecular weight is 143 g/mol. The molecule has 0 aliphatic carbocycles. The molecule has 0 rings (SSSR count). The van der Waals surface area contributed by atoms with E-state index in [1.54, 1.807) is 0 Å². The lowest BCUT2D eigenvalue weighted by molar-refractivity contribution is 0.394. The average Bonchev–Trinajstić information content (AvgIpc) is 1.84. The van der Waals surface area contributed by atoms with Crippen molar-refractivity contribution < 1.29 is 0 Å². The van der Waals surface area contributed by atoms with Crippen LogP contribution in [0.15, 0.2) is 0 Å². The lowest BCUT2D eigenvalue weighted by Crippen LogP contribution is -2.12. The molecule has 0 fully saturated rings. The predicted octanol–water partition coefficient (Wildman–Crippen LogP) is 2.25. The van der Waals surface area contributed by atoms with Gasteiger partial charge in [0.25, 0.3) is 0 Å². The molecule has 9 heavy (non-hydrogen) atoms. The zero-order valence-corrected chi connectivity index (χ0v) is 6.91. The summed E-state index contributed by atoms with van der Waals surface area (Å²) in [5.74, 6) is 0.856. The SMILES string of the molecule is CC(C)(CS)CCC#N. The quantitative estimate of drug-likeness (QED) is 0.602. The lowest BCUT2D eigenvalue weighted by atomic mass is 9.91. The molecule has 0 bridgehead atoms. The molecule has 0 atom stereocenters. The van der Waals surface area contributed by atoms with Crippen molar-refractivity contribution in [2.75, 3.05) is 5.75 Å². The van der Waals surface area contributed by atoms with Gasteiger partial charge in [0.1, 0.15) is 0 Å². The van der Waals surface area contributed by atoms with Crippen molar-refractivity contribution in [3.63, 3.8) is 0 Å². The molecule has 0 amide bonds. The smallest absolute Gasteiger partial charge is 0.0621 e. The fourth-order valence-electron chi connectivity index (χ4n) is 0.473. The second kappa shape index (κ2) is 3.79. The summed E-state index contributed by atoms with van der Waals surface area (Å²) in [5, 5.41) is 8.25. The highest BCUT2D eigenvalue weighted by Crippen LogP contribution is 2.22. The molecule has 0 radical (unpaired) electrons. The van der Waals surface area contributed by atoms with Crippen molar-refractivity contribution in [2.24, 2.45) is 5.41 Å². The Hall–Kier alpha value is -0.160. The van der Waals surface area contributed by atoms with Crippen molar-refractivity contribution >= 4 is 12.6 Å². The molecule has 0 heterocycles. The molecule has 0 saturated carbocycles. The number of hydrogen-bond acceptors (Lipinski definition) is 2. The van der Waals surface area contributed by atoms with Gasteiger partial charge in [-0.15, -0.1) is 0 Å². The van der Waals surface area contributed by atoms with Gasteiger partial charge in [0.15, 0.2) is 0 Å². The van der Waals surface area contributed by atoms with Crippen LogP contribution in [0.4, 0.5) is 0 Å². The van der Waals surface area contributed by atoms with E-state index in [0.29, 0.717) is 6.42 Å². The Bertz CT molecular complexity index is 113. The Balaban J connectivity index is 3.48. The first-order chi connectivity index (χ1) is 4.12. The van der Waals surface area contributed by atoms with Gasteiger partial charge < -0.3 is 0 Å². The van der Waals surface area contributed by atoms with Crippen LogP contribution < -0.4 is 0 Å². The summed E-state index contributed by atoms with van der Waals surface area (Å²) in [7, 11) is 0. The van der Waals surface area contributed by atoms with Crippen molar-refractivity contribution in [3.05, 3.63) is 0 Å². The fraction of sp³-hybridized carbons (Fsp3) is 0.857. The van der Waals surface area contributed by atoms with Crippen LogP contribution in [-0.4, -0.2) is 5.75 Å². The Kier molecular flexibility index (Phi) is 3.72. The van der Waals surface area contributed by atoms with Gasteiger partial charge in [-0.1, -0.05) is 13.8 Å². The first-order valence-corrected chi connectivity index (χ1v) is 3.73. The van der Waals surface area contributed by atoms with E-state index in [9.17, 15) is 0 Å². The van der Waals surface area contributed by atoms with Gasteiger partial charge in [-0.05, 0) is 17.6 Å². The van der Waals surface area contributed by atoms with E-state index in [0.717, 1.165) is 12.2 Å². The third-order valence-corrected chi connectivity index (χ3v) is 2.20. The second-order valence-corrected chi connectivity index (χ2v) is 3.30. The minimum Gasteiger partial charge on any atom is -0.198 e. The van der Waals surface area contributed by atoms with Crippen molar-refractivity contribution in [1.82, 2.24) is 0 Å². The van der Waals surface area contributed by atoms with Gasteiger partial charge in [0, 0.05) is 6.42 Å². The summed E-state index contributed by atoms with van der Waals surface area (Å²) in [4.78, 5) is 0. The third-order valence-electron chi connectivity index (χ3n) is 1.34. The number of thiol groups is 1. The number of rotatable bonds is 3. The molecule has 0 aliphatic rings. The molecule has 0 spiro atoms. The second-order valence-electron chi connectivity index (χ2n) is 2.98. The van der Waals surface area contributed by atoms with Crippen LogP contribution in [0, 0.1) is 16.7 Å². The summed E-state index contributed by atoms with van der Waals surface area (Å²) in [6, 6.07) is 2.12. The van der Waals surface area contributed by atoms with E-state index in [4.69, 9.17) is 5.26 Å². The highest BCUT2D eigenvalue weighted by Gasteiger charge is 2.13. The highest BCUT2D eigenvalue weighted by molar-refractivity contribution is 7.80. The molecule has 0 aromatic rings. The maximum Gasteiger partial charge on any atom is 0.0621 e. The molecule has 0 saturated heterocycles. The molecule has 0 N–H and O–H groups in total. The topological polar surface area (TPSA) is 23.8 Å². The van der Waals surface area contributed by atoms with Crippen LogP contribution in [0.1, 0.15) is 26.7 Å². The molecule has 0 aliphatic heterocycles. The lowest BCUT2D eigenvalue weighted by Gasteiger charge is -2.19. The fourth-order valence-corrected chi connectivity index (χ4v) is 0.631. The van der Waals surface area contributed by atoms with Crippen LogP contribution in [0.3, 0.4) is 0 Å². The molecule has 0 unspecified atom stereocenters. The van der Waals surface area contributed by atoms with Gasteiger partial charge >= 0.3 is 0 Å². The molecular weight excluding hydrogens is 130 g/mol. The van der Waals surface area contributed by atoms with E-state index in [-0.39, 0.29) is 5.41 Å². The molecule has 52 valence electrons. The Morgan fingerprint density at radius 1 is 1.56 bits per heavy atom. The van der Waals surface area contributed by atoms with E-state index < -0.39 is 0 Å². The first-order valence-electron chi connectivity index (χ1n) is 3.10. The minimum atomic E-state index is 0.235. The van der Waals surface area contributed by atoms with E-state index in [1.807, 2.05) is 0 Å². The van der Waals surface area contributed by atoms with E-state index in [2.05, 4.69) is 32.5 Å². The normalized spacial score (nSPS) is 10.9. The monoisotopic (exact) mass is 143 g/mol. The number of nitriles is 1.